The summed E-state index contributed by atoms with van der Waals surface area (Å²) in [6.45, 7) is 1.86. The van der Waals surface area contributed by atoms with Crippen molar-refractivity contribution in [2.24, 2.45) is 0 Å². The van der Waals surface area contributed by atoms with Crippen LogP contribution in [0.3, 0.4) is 0 Å². The first kappa shape index (κ1) is 18.2. The zero-order valence-electron chi connectivity index (χ0n) is 15.0. The highest BCUT2D eigenvalue weighted by Gasteiger charge is 2.23. The van der Waals surface area contributed by atoms with Crippen molar-refractivity contribution in [1.82, 2.24) is 14.9 Å². The minimum atomic E-state index is -0.847. The molecule has 8 heteroatoms. The van der Waals surface area contributed by atoms with Gasteiger partial charge in [0.15, 0.2) is 11.6 Å². The van der Waals surface area contributed by atoms with Gasteiger partial charge in [0.25, 0.3) is 5.89 Å². The molecule has 0 spiro atoms. The number of carbonyl (C=O) groups is 1. The van der Waals surface area contributed by atoms with Gasteiger partial charge in [-0.2, -0.15) is 0 Å². The number of anilines is 1. The van der Waals surface area contributed by atoms with E-state index in [1.165, 1.54) is 6.07 Å². The summed E-state index contributed by atoms with van der Waals surface area (Å²) < 4.78 is 32.1. The molecule has 0 fully saturated rings. The normalized spacial score (nSPS) is 14.4. The summed E-state index contributed by atoms with van der Waals surface area (Å²) >= 11 is 0. The molecule has 0 atom stereocenters. The van der Waals surface area contributed by atoms with Gasteiger partial charge in [-0.1, -0.05) is 6.07 Å². The zero-order valence-corrected chi connectivity index (χ0v) is 15.0. The first-order valence-electron chi connectivity index (χ1n) is 8.95. The van der Waals surface area contributed by atoms with E-state index in [9.17, 15) is 13.6 Å². The third-order valence-electron chi connectivity index (χ3n) is 4.60. The Kier molecular flexibility index (Phi) is 5.12. The second kappa shape index (κ2) is 7.85. The van der Waals surface area contributed by atoms with Crippen molar-refractivity contribution in [2.45, 2.75) is 19.4 Å². The number of pyridine rings is 1. The van der Waals surface area contributed by atoms with Gasteiger partial charge in [0, 0.05) is 38.7 Å². The molecule has 1 aromatic carbocycles. The Hall–Kier alpha value is -3.13. The molecule has 144 valence electrons. The van der Waals surface area contributed by atoms with E-state index < -0.39 is 17.5 Å². The number of aromatic nitrogens is 2. The van der Waals surface area contributed by atoms with E-state index in [4.69, 9.17) is 4.42 Å². The molecule has 0 aliphatic carbocycles. The number of rotatable bonds is 4. The Labute approximate surface area is 160 Å². The second-order valence-corrected chi connectivity index (χ2v) is 6.61. The van der Waals surface area contributed by atoms with Gasteiger partial charge in [-0.05, 0) is 29.8 Å². The number of nitrogens with one attached hydrogen (secondary N) is 1. The summed E-state index contributed by atoms with van der Waals surface area (Å²) in [6, 6.07) is 7.40. The van der Waals surface area contributed by atoms with Crippen LogP contribution >= 0.6 is 0 Å². The first-order chi connectivity index (χ1) is 13.6. The van der Waals surface area contributed by atoms with Crippen LogP contribution in [0.1, 0.15) is 27.7 Å². The van der Waals surface area contributed by atoms with Crippen molar-refractivity contribution < 1.29 is 18.0 Å². The van der Waals surface area contributed by atoms with Crippen LogP contribution in [0.15, 0.2) is 47.1 Å². The molecule has 0 saturated heterocycles. The molecule has 0 unspecified atom stereocenters. The molecule has 28 heavy (non-hydrogen) atoms. The number of carbonyl (C=O) groups excluding carboxylic acids is 1. The van der Waals surface area contributed by atoms with E-state index in [0.717, 1.165) is 11.8 Å². The van der Waals surface area contributed by atoms with Crippen LogP contribution in [0.4, 0.5) is 14.5 Å². The van der Waals surface area contributed by atoms with Crippen molar-refractivity contribution in [3.05, 3.63) is 77.3 Å². The third kappa shape index (κ3) is 4.07. The Bertz CT molecular complexity index is 966. The van der Waals surface area contributed by atoms with Crippen molar-refractivity contribution in [3.8, 4) is 0 Å². The van der Waals surface area contributed by atoms with Crippen LogP contribution in [0, 0.1) is 11.6 Å². The molecule has 3 heterocycles. The Morgan fingerprint density at radius 3 is 2.82 bits per heavy atom. The van der Waals surface area contributed by atoms with Gasteiger partial charge in [0.1, 0.15) is 5.76 Å². The van der Waals surface area contributed by atoms with Crippen LogP contribution in [0.2, 0.25) is 0 Å². The Balaban J connectivity index is 1.39. The molecule has 0 saturated carbocycles. The van der Waals surface area contributed by atoms with E-state index in [0.29, 0.717) is 49.5 Å². The van der Waals surface area contributed by atoms with Gasteiger partial charge < -0.3 is 9.73 Å². The minimum absolute atomic E-state index is 0.0305. The standard InChI is InChI=1S/C20H18F2N4O2/c21-15-4-3-13(10-16(15)22)12-26-8-5-17-18(6-9-26)28-20(25-17)19(27)24-14-2-1-7-23-11-14/h1-4,7,10-11H,5-6,8-9,12H2,(H,24,27). The molecule has 0 radical (unpaired) electrons. The summed E-state index contributed by atoms with van der Waals surface area (Å²) in [5, 5.41) is 2.70. The summed E-state index contributed by atoms with van der Waals surface area (Å²) in [4.78, 5) is 22.7. The average Bonchev–Trinajstić information content (AvgIpc) is 3.02. The Morgan fingerprint density at radius 1 is 1.18 bits per heavy atom. The summed E-state index contributed by atoms with van der Waals surface area (Å²) in [5.74, 6) is -1.39. The number of amides is 1. The lowest BCUT2D eigenvalue weighted by Gasteiger charge is -2.19. The van der Waals surface area contributed by atoms with Crippen molar-refractivity contribution in [3.63, 3.8) is 0 Å². The topological polar surface area (TPSA) is 71.3 Å². The average molecular weight is 384 g/mol. The number of hydrogen-bond donors (Lipinski definition) is 1. The van der Waals surface area contributed by atoms with Crippen molar-refractivity contribution in [1.29, 1.82) is 0 Å². The van der Waals surface area contributed by atoms with E-state index in [1.807, 2.05) is 0 Å². The second-order valence-electron chi connectivity index (χ2n) is 6.61. The summed E-state index contributed by atoms with van der Waals surface area (Å²) in [5.41, 5.74) is 2.03. The number of halogens is 2. The molecule has 4 rings (SSSR count). The quantitative estimate of drug-likeness (QED) is 0.748. The largest absolute Gasteiger partial charge is 0.437 e. The molecular formula is C20H18F2N4O2. The van der Waals surface area contributed by atoms with Crippen LogP contribution in [-0.4, -0.2) is 33.9 Å². The van der Waals surface area contributed by atoms with Gasteiger partial charge in [-0.15, -0.1) is 0 Å². The minimum Gasteiger partial charge on any atom is -0.437 e. The molecule has 1 N–H and O–H groups in total. The summed E-state index contributed by atoms with van der Waals surface area (Å²) in [6.07, 6.45) is 4.37. The van der Waals surface area contributed by atoms with Crippen molar-refractivity contribution >= 4 is 11.6 Å². The maximum absolute atomic E-state index is 13.4. The lowest BCUT2D eigenvalue weighted by atomic mass is 10.2. The number of benzene rings is 1. The molecule has 1 aliphatic rings. The molecular weight excluding hydrogens is 366 g/mol. The van der Waals surface area contributed by atoms with Gasteiger partial charge >= 0.3 is 5.91 Å². The number of fused-ring (bicyclic) bond motifs is 1. The van der Waals surface area contributed by atoms with E-state index in [2.05, 4.69) is 20.2 Å². The van der Waals surface area contributed by atoms with Gasteiger partial charge in [-0.3, -0.25) is 14.7 Å². The predicted octanol–water partition coefficient (Wildman–Crippen LogP) is 3.20. The van der Waals surface area contributed by atoms with E-state index >= 15 is 0 Å². The maximum atomic E-state index is 13.4. The maximum Gasteiger partial charge on any atom is 0.311 e. The Morgan fingerprint density at radius 2 is 2.04 bits per heavy atom. The highest BCUT2D eigenvalue weighted by molar-refractivity contribution is 6.00. The highest BCUT2D eigenvalue weighted by atomic mass is 19.2. The van der Waals surface area contributed by atoms with Gasteiger partial charge in [0.2, 0.25) is 0 Å². The van der Waals surface area contributed by atoms with Crippen molar-refractivity contribution in [2.75, 3.05) is 18.4 Å². The van der Waals surface area contributed by atoms with Gasteiger partial charge in [0.05, 0.1) is 17.6 Å². The zero-order chi connectivity index (χ0) is 19.5. The molecule has 6 nitrogen and oxygen atoms in total. The number of oxazole rings is 1. The predicted molar refractivity (Wildman–Crippen MR) is 97.7 cm³/mol. The first-order valence-corrected chi connectivity index (χ1v) is 8.95. The van der Waals surface area contributed by atoms with Crippen LogP contribution in [0.5, 0.6) is 0 Å². The fourth-order valence-corrected chi connectivity index (χ4v) is 3.18. The lowest BCUT2D eigenvalue weighted by Crippen LogP contribution is -2.26. The monoisotopic (exact) mass is 384 g/mol. The van der Waals surface area contributed by atoms with Gasteiger partial charge in [-0.25, -0.2) is 13.8 Å². The molecule has 1 amide bonds. The number of nitrogens with zero attached hydrogens (tertiary/aromatic N) is 3. The highest BCUT2D eigenvalue weighted by Crippen LogP contribution is 2.20. The van der Waals surface area contributed by atoms with Crippen LogP contribution < -0.4 is 5.32 Å². The fraction of sp³-hybridized carbons (Fsp3) is 0.250. The van der Waals surface area contributed by atoms with Crippen LogP contribution in [-0.2, 0) is 19.4 Å². The molecule has 3 aromatic rings. The lowest BCUT2D eigenvalue weighted by molar-refractivity contribution is 0.0988. The SMILES string of the molecule is O=C(Nc1cccnc1)c1nc2c(o1)CCN(Cc1ccc(F)c(F)c1)CC2. The van der Waals surface area contributed by atoms with Crippen LogP contribution in [0.25, 0.3) is 0 Å². The van der Waals surface area contributed by atoms with E-state index in [-0.39, 0.29) is 5.89 Å². The fourth-order valence-electron chi connectivity index (χ4n) is 3.18. The molecule has 2 aromatic heterocycles. The molecule has 0 bridgehead atoms. The molecule has 1 aliphatic heterocycles. The summed E-state index contributed by atoms with van der Waals surface area (Å²) in [7, 11) is 0. The number of hydrogen-bond acceptors (Lipinski definition) is 5. The van der Waals surface area contributed by atoms with E-state index in [1.54, 1.807) is 30.6 Å². The smallest absolute Gasteiger partial charge is 0.311 e. The third-order valence-corrected chi connectivity index (χ3v) is 4.60.